The van der Waals surface area contributed by atoms with Crippen LogP contribution in [0.15, 0.2) is 42.5 Å². The quantitative estimate of drug-likeness (QED) is 0.668. The summed E-state index contributed by atoms with van der Waals surface area (Å²) in [5, 5.41) is 9.66. The van der Waals surface area contributed by atoms with Gasteiger partial charge < -0.3 is 5.11 Å². The fourth-order valence-corrected chi connectivity index (χ4v) is 2.35. The first-order valence-electron chi connectivity index (χ1n) is 5.75. The summed E-state index contributed by atoms with van der Waals surface area (Å²) in [5.41, 5.74) is 2.07. The highest BCUT2D eigenvalue weighted by atomic mass is 32.2. The van der Waals surface area contributed by atoms with E-state index in [2.05, 4.69) is 4.72 Å². The lowest BCUT2D eigenvalue weighted by Crippen LogP contribution is -2.09. The number of hydrogen-bond donors (Lipinski definition) is 2. The van der Waals surface area contributed by atoms with Crippen molar-refractivity contribution in [2.24, 2.45) is 0 Å². The van der Waals surface area contributed by atoms with Crippen LogP contribution in [-0.2, 0) is 10.0 Å². The summed E-state index contributed by atoms with van der Waals surface area (Å²) in [5.74, 6) is -0.161. The van der Waals surface area contributed by atoms with Crippen LogP contribution in [0.1, 0.15) is 10.4 Å². The number of anilines is 1. The molecule has 5 nitrogen and oxygen atoms in total. The molecule has 2 N–H and O–H groups in total. The number of benzene rings is 2. The molecule has 0 spiro atoms. The van der Waals surface area contributed by atoms with E-state index in [1.165, 1.54) is 12.1 Å². The topological polar surface area (TPSA) is 83.5 Å². The van der Waals surface area contributed by atoms with Crippen molar-refractivity contribution in [2.45, 2.75) is 0 Å². The Morgan fingerprint density at radius 2 is 1.80 bits per heavy atom. The average Bonchev–Trinajstić information content (AvgIpc) is 2.40. The molecule has 0 radical (unpaired) electrons. The molecule has 2 aromatic carbocycles. The van der Waals surface area contributed by atoms with Crippen LogP contribution < -0.4 is 4.72 Å². The van der Waals surface area contributed by atoms with Crippen LogP contribution in [0.4, 0.5) is 5.69 Å². The van der Waals surface area contributed by atoms with E-state index in [4.69, 9.17) is 0 Å². The van der Waals surface area contributed by atoms with Crippen LogP contribution in [0.25, 0.3) is 11.1 Å². The molecule has 0 aromatic heterocycles. The lowest BCUT2D eigenvalue weighted by molar-refractivity contribution is 0.112. The smallest absolute Gasteiger partial charge is 0.229 e. The number of nitrogens with one attached hydrogen (secondary N) is 1. The largest absolute Gasteiger partial charge is 0.506 e. The van der Waals surface area contributed by atoms with Gasteiger partial charge in [-0.25, -0.2) is 8.42 Å². The number of rotatable bonds is 4. The SMILES string of the molecule is CS(=O)(=O)Nc1cc(-c2cccc(C=O)c2)ccc1O. The van der Waals surface area contributed by atoms with Gasteiger partial charge in [0.1, 0.15) is 12.0 Å². The molecule has 0 aliphatic carbocycles. The Labute approximate surface area is 116 Å². The molecule has 104 valence electrons. The molecule has 0 unspecified atom stereocenters. The molecule has 0 amide bonds. The van der Waals surface area contributed by atoms with Crippen molar-refractivity contribution in [3.05, 3.63) is 48.0 Å². The predicted octanol–water partition coefficient (Wildman–Crippen LogP) is 2.24. The molecule has 0 fully saturated rings. The van der Waals surface area contributed by atoms with Crippen molar-refractivity contribution in [1.82, 2.24) is 0 Å². The van der Waals surface area contributed by atoms with Crippen LogP contribution in [0, 0.1) is 0 Å². The van der Waals surface area contributed by atoms with Crippen molar-refractivity contribution in [3.8, 4) is 16.9 Å². The zero-order chi connectivity index (χ0) is 14.8. The monoisotopic (exact) mass is 291 g/mol. The van der Waals surface area contributed by atoms with Crippen LogP contribution in [0.2, 0.25) is 0 Å². The maximum atomic E-state index is 11.2. The first kappa shape index (κ1) is 14.1. The maximum absolute atomic E-state index is 11.2. The fourth-order valence-electron chi connectivity index (χ4n) is 1.79. The summed E-state index contributed by atoms with van der Waals surface area (Å²) in [6, 6.07) is 11.4. The van der Waals surface area contributed by atoms with Gasteiger partial charge >= 0.3 is 0 Å². The van der Waals surface area contributed by atoms with Crippen LogP contribution >= 0.6 is 0 Å². The standard InChI is InChI=1S/C14H13NO4S/c1-20(18,19)15-13-8-12(5-6-14(13)17)11-4-2-3-10(7-11)9-16/h2-9,15,17H,1H3. The molecule has 0 saturated carbocycles. The Bertz CT molecular complexity index is 754. The molecular weight excluding hydrogens is 278 g/mol. The molecule has 2 rings (SSSR count). The molecule has 0 aliphatic rings. The predicted molar refractivity (Wildman–Crippen MR) is 77.4 cm³/mol. The molecule has 0 saturated heterocycles. The first-order valence-corrected chi connectivity index (χ1v) is 7.64. The maximum Gasteiger partial charge on any atom is 0.229 e. The van der Waals surface area contributed by atoms with Gasteiger partial charge in [-0.05, 0) is 29.3 Å². The van der Waals surface area contributed by atoms with Gasteiger partial charge in [0.05, 0.1) is 11.9 Å². The zero-order valence-electron chi connectivity index (χ0n) is 10.7. The summed E-state index contributed by atoms with van der Waals surface area (Å²) >= 11 is 0. The summed E-state index contributed by atoms with van der Waals surface area (Å²) < 4.78 is 24.7. The normalized spacial score (nSPS) is 11.1. The van der Waals surface area contributed by atoms with E-state index in [0.717, 1.165) is 18.1 Å². The number of phenolic OH excluding ortho intramolecular Hbond substituents is 1. The molecule has 0 aliphatic heterocycles. The van der Waals surface area contributed by atoms with Gasteiger partial charge in [-0.15, -0.1) is 0 Å². The molecule has 6 heteroatoms. The minimum Gasteiger partial charge on any atom is -0.506 e. The molecule has 0 atom stereocenters. The second-order valence-corrected chi connectivity index (χ2v) is 6.10. The van der Waals surface area contributed by atoms with E-state index in [1.54, 1.807) is 30.3 Å². The van der Waals surface area contributed by atoms with Crippen molar-refractivity contribution in [2.75, 3.05) is 11.0 Å². The Morgan fingerprint density at radius 1 is 1.10 bits per heavy atom. The zero-order valence-corrected chi connectivity index (χ0v) is 11.5. The van der Waals surface area contributed by atoms with Crippen molar-refractivity contribution in [1.29, 1.82) is 0 Å². The molecular formula is C14H13NO4S. The third kappa shape index (κ3) is 3.36. The Morgan fingerprint density at radius 3 is 2.45 bits per heavy atom. The minimum absolute atomic E-state index is 0.0986. The number of phenols is 1. The van der Waals surface area contributed by atoms with Gasteiger partial charge in [0.15, 0.2) is 0 Å². The Hall–Kier alpha value is -2.34. The number of aromatic hydroxyl groups is 1. The van der Waals surface area contributed by atoms with Crippen LogP contribution in [-0.4, -0.2) is 26.1 Å². The van der Waals surface area contributed by atoms with Gasteiger partial charge in [0, 0.05) is 5.56 Å². The highest BCUT2D eigenvalue weighted by Gasteiger charge is 2.09. The highest BCUT2D eigenvalue weighted by molar-refractivity contribution is 7.92. The molecule has 0 heterocycles. The van der Waals surface area contributed by atoms with Crippen LogP contribution in [0.5, 0.6) is 5.75 Å². The van der Waals surface area contributed by atoms with Gasteiger partial charge in [-0.1, -0.05) is 24.3 Å². The fraction of sp³-hybridized carbons (Fsp3) is 0.0714. The summed E-state index contributed by atoms with van der Waals surface area (Å²) in [4.78, 5) is 10.8. The van der Waals surface area contributed by atoms with E-state index < -0.39 is 10.0 Å². The van der Waals surface area contributed by atoms with E-state index in [-0.39, 0.29) is 11.4 Å². The number of sulfonamides is 1. The lowest BCUT2D eigenvalue weighted by Gasteiger charge is -2.09. The number of hydrogen-bond acceptors (Lipinski definition) is 4. The van der Waals surface area contributed by atoms with Gasteiger partial charge in [0.2, 0.25) is 10.0 Å². The molecule has 0 bridgehead atoms. The van der Waals surface area contributed by atoms with Gasteiger partial charge in [0.25, 0.3) is 0 Å². The van der Waals surface area contributed by atoms with Gasteiger partial charge in [-0.3, -0.25) is 9.52 Å². The second kappa shape index (κ2) is 5.34. The second-order valence-electron chi connectivity index (χ2n) is 4.35. The van der Waals surface area contributed by atoms with Gasteiger partial charge in [-0.2, -0.15) is 0 Å². The van der Waals surface area contributed by atoms with Crippen molar-refractivity contribution < 1.29 is 18.3 Å². The Kier molecular flexibility index (Phi) is 3.76. The third-order valence-corrected chi connectivity index (χ3v) is 3.24. The third-order valence-electron chi connectivity index (χ3n) is 2.65. The van der Waals surface area contributed by atoms with E-state index in [9.17, 15) is 18.3 Å². The minimum atomic E-state index is -3.48. The number of carbonyl (C=O) groups excluding carboxylic acids is 1. The summed E-state index contributed by atoms with van der Waals surface area (Å²) in [6.45, 7) is 0. The number of aldehydes is 1. The lowest BCUT2D eigenvalue weighted by atomic mass is 10.0. The van der Waals surface area contributed by atoms with Crippen molar-refractivity contribution >= 4 is 22.0 Å². The average molecular weight is 291 g/mol. The van der Waals surface area contributed by atoms with E-state index in [1.807, 2.05) is 0 Å². The summed E-state index contributed by atoms with van der Waals surface area (Å²) in [7, 11) is -3.48. The van der Waals surface area contributed by atoms with E-state index in [0.29, 0.717) is 11.1 Å². The molecule has 2 aromatic rings. The Balaban J connectivity index is 2.47. The van der Waals surface area contributed by atoms with Crippen LogP contribution in [0.3, 0.4) is 0 Å². The highest BCUT2D eigenvalue weighted by Crippen LogP contribution is 2.30. The first-order chi connectivity index (χ1) is 9.39. The molecule has 20 heavy (non-hydrogen) atoms. The van der Waals surface area contributed by atoms with Crippen molar-refractivity contribution in [3.63, 3.8) is 0 Å². The number of carbonyl (C=O) groups is 1. The summed E-state index contributed by atoms with van der Waals surface area (Å²) in [6.07, 6.45) is 1.74. The van der Waals surface area contributed by atoms with E-state index >= 15 is 0 Å².